The molecule has 82 valence electrons. The molecule has 0 aromatic heterocycles. The number of piperidine rings is 1. The van der Waals surface area contributed by atoms with Crippen molar-refractivity contribution in [3.05, 3.63) is 30.3 Å². The Morgan fingerprint density at radius 3 is 2.60 bits per heavy atom. The Bertz CT molecular complexity index is 329. The van der Waals surface area contributed by atoms with E-state index >= 15 is 0 Å². The van der Waals surface area contributed by atoms with Crippen molar-refractivity contribution in [2.24, 2.45) is 5.73 Å². The summed E-state index contributed by atoms with van der Waals surface area (Å²) in [5, 5.41) is 0. The highest BCUT2D eigenvalue weighted by molar-refractivity contribution is 5.97. The van der Waals surface area contributed by atoms with Gasteiger partial charge in [-0.05, 0) is 25.0 Å². The van der Waals surface area contributed by atoms with E-state index in [1.165, 1.54) is 0 Å². The molecule has 3 nitrogen and oxygen atoms in total. The molecule has 0 spiro atoms. The molecule has 0 bridgehead atoms. The molecule has 15 heavy (non-hydrogen) atoms. The van der Waals surface area contributed by atoms with Crippen molar-refractivity contribution in [1.29, 1.82) is 0 Å². The Morgan fingerprint density at radius 1 is 1.27 bits per heavy atom. The van der Waals surface area contributed by atoms with E-state index in [9.17, 15) is 4.79 Å². The SMILES string of the molecule is Cl.NC1CCCN(c2ccccc2)C1=O. The molecule has 1 aliphatic heterocycles. The minimum atomic E-state index is -0.316. The van der Waals surface area contributed by atoms with Gasteiger partial charge in [-0.2, -0.15) is 0 Å². The zero-order valence-electron chi connectivity index (χ0n) is 8.43. The monoisotopic (exact) mass is 226 g/mol. The second-order valence-corrected chi connectivity index (χ2v) is 3.57. The van der Waals surface area contributed by atoms with E-state index in [-0.39, 0.29) is 24.4 Å². The molecule has 1 aliphatic rings. The summed E-state index contributed by atoms with van der Waals surface area (Å²) in [6, 6.07) is 9.37. The number of rotatable bonds is 1. The predicted octanol–water partition coefficient (Wildman–Crippen LogP) is 1.56. The van der Waals surface area contributed by atoms with Crippen LogP contribution in [0.4, 0.5) is 5.69 Å². The molecule has 0 aliphatic carbocycles. The minimum absolute atomic E-state index is 0. The first-order valence-electron chi connectivity index (χ1n) is 4.91. The van der Waals surface area contributed by atoms with Gasteiger partial charge in [-0.3, -0.25) is 4.79 Å². The smallest absolute Gasteiger partial charge is 0.243 e. The van der Waals surface area contributed by atoms with E-state index in [0.29, 0.717) is 0 Å². The molecular weight excluding hydrogens is 212 g/mol. The lowest BCUT2D eigenvalue weighted by molar-refractivity contribution is -0.120. The molecule has 1 fully saturated rings. The number of hydrogen-bond acceptors (Lipinski definition) is 2. The molecule has 1 unspecified atom stereocenters. The summed E-state index contributed by atoms with van der Waals surface area (Å²) in [7, 11) is 0. The average molecular weight is 227 g/mol. The van der Waals surface area contributed by atoms with E-state index < -0.39 is 0 Å². The predicted molar refractivity (Wildman–Crippen MR) is 63.3 cm³/mol. The maximum absolute atomic E-state index is 11.7. The first-order chi connectivity index (χ1) is 6.79. The van der Waals surface area contributed by atoms with E-state index in [1.54, 1.807) is 4.90 Å². The third-order valence-corrected chi connectivity index (χ3v) is 2.55. The van der Waals surface area contributed by atoms with Crippen LogP contribution in [-0.4, -0.2) is 18.5 Å². The summed E-state index contributed by atoms with van der Waals surface area (Å²) in [4.78, 5) is 13.5. The van der Waals surface area contributed by atoms with E-state index in [2.05, 4.69) is 0 Å². The van der Waals surface area contributed by atoms with Gasteiger partial charge in [0, 0.05) is 12.2 Å². The first-order valence-corrected chi connectivity index (χ1v) is 4.91. The summed E-state index contributed by atoms with van der Waals surface area (Å²) in [5.41, 5.74) is 6.67. The van der Waals surface area contributed by atoms with Gasteiger partial charge in [0.2, 0.25) is 5.91 Å². The quantitative estimate of drug-likeness (QED) is 0.790. The largest absolute Gasteiger partial charge is 0.320 e. The van der Waals surface area contributed by atoms with Crippen LogP contribution in [0.5, 0.6) is 0 Å². The standard InChI is InChI=1S/C11H14N2O.ClH/c12-10-7-4-8-13(11(10)14)9-5-2-1-3-6-9;/h1-3,5-6,10H,4,7-8,12H2;1H. The maximum atomic E-state index is 11.7. The molecule has 1 atom stereocenters. The third kappa shape index (κ3) is 2.49. The molecule has 1 aromatic carbocycles. The van der Waals surface area contributed by atoms with Crippen molar-refractivity contribution < 1.29 is 4.79 Å². The molecule has 2 rings (SSSR count). The minimum Gasteiger partial charge on any atom is -0.320 e. The van der Waals surface area contributed by atoms with Gasteiger partial charge < -0.3 is 10.6 Å². The number of carbonyl (C=O) groups excluding carboxylic acids is 1. The van der Waals surface area contributed by atoms with Gasteiger partial charge >= 0.3 is 0 Å². The Hall–Kier alpha value is -1.06. The fraction of sp³-hybridized carbons (Fsp3) is 0.364. The molecule has 1 aromatic rings. The number of anilines is 1. The fourth-order valence-electron chi connectivity index (χ4n) is 1.77. The van der Waals surface area contributed by atoms with Crippen LogP contribution >= 0.6 is 12.4 Å². The van der Waals surface area contributed by atoms with Crippen LogP contribution in [-0.2, 0) is 4.79 Å². The molecule has 2 N–H and O–H groups in total. The molecule has 1 amide bonds. The normalized spacial score (nSPS) is 21.0. The van der Waals surface area contributed by atoms with Crippen molar-refractivity contribution in [2.45, 2.75) is 18.9 Å². The van der Waals surface area contributed by atoms with Crippen LogP contribution in [0.25, 0.3) is 0 Å². The van der Waals surface area contributed by atoms with E-state index in [0.717, 1.165) is 25.1 Å². The number of hydrogen-bond donors (Lipinski definition) is 1. The third-order valence-electron chi connectivity index (χ3n) is 2.55. The topological polar surface area (TPSA) is 46.3 Å². The maximum Gasteiger partial charge on any atom is 0.243 e. The Balaban J connectivity index is 0.00000112. The second-order valence-electron chi connectivity index (χ2n) is 3.57. The molecule has 0 saturated carbocycles. The summed E-state index contributed by atoms with van der Waals surface area (Å²) in [6.45, 7) is 0.788. The molecule has 1 heterocycles. The van der Waals surface area contributed by atoms with Crippen molar-refractivity contribution in [3.8, 4) is 0 Å². The summed E-state index contributed by atoms with van der Waals surface area (Å²) in [6.07, 6.45) is 1.80. The highest BCUT2D eigenvalue weighted by Crippen LogP contribution is 2.19. The van der Waals surface area contributed by atoms with Gasteiger partial charge in [0.05, 0.1) is 6.04 Å². The Labute approximate surface area is 95.7 Å². The summed E-state index contributed by atoms with van der Waals surface area (Å²) >= 11 is 0. The highest BCUT2D eigenvalue weighted by Gasteiger charge is 2.26. The Kier molecular flexibility index (Phi) is 4.12. The Morgan fingerprint density at radius 2 is 1.93 bits per heavy atom. The van der Waals surface area contributed by atoms with Crippen molar-refractivity contribution in [2.75, 3.05) is 11.4 Å². The van der Waals surface area contributed by atoms with Crippen molar-refractivity contribution in [3.63, 3.8) is 0 Å². The number of nitrogens with two attached hydrogens (primary N) is 1. The van der Waals surface area contributed by atoms with Gasteiger partial charge in [0.15, 0.2) is 0 Å². The number of nitrogens with zero attached hydrogens (tertiary/aromatic N) is 1. The zero-order valence-corrected chi connectivity index (χ0v) is 9.24. The van der Waals surface area contributed by atoms with Gasteiger partial charge in [0.1, 0.15) is 0 Å². The van der Waals surface area contributed by atoms with Crippen LogP contribution in [0.1, 0.15) is 12.8 Å². The first kappa shape index (κ1) is 12.0. The number of halogens is 1. The van der Waals surface area contributed by atoms with Gasteiger partial charge in [0.25, 0.3) is 0 Å². The molecule has 1 saturated heterocycles. The fourth-order valence-corrected chi connectivity index (χ4v) is 1.77. The lowest BCUT2D eigenvalue weighted by Crippen LogP contribution is -2.48. The second kappa shape index (κ2) is 5.14. The van der Waals surface area contributed by atoms with Crippen LogP contribution in [0.2, 0.25) is 0 Å². The molecule has 0 radical (unpaired) electrons. The van der Waals surface area contributed by atoms with Gasteiger partial charge in [-0.25, -0.2) is 0 Å². The summed E-state index contributed by atoms with van der Waals surface area (Å²) in [5.74, 6) is 0.0439. The van der Waals surface area contributed by atoms with Gasteiger partial charge in [-0.1, -0.05) is 18.2 Å². The van der Waals surface area contributed by atoms with Gasteiger partial charge in [-0.15, -0.1) is 12.4 Å². The zero-order chi connectivity index (χ0) is 9.97. The van der Waals surface area contributed by atoms with E-state index in [1.807, 2.05) is 30.3 Å². The number of para-hydroxylation sites is 1. The highest BCUT2D eigenvalue weighted by atomic mass is 35.5. The lowest BCUT2D eigenvalue weighted by Gasteiger charge is -2.30. The van der Waals surface area contributed by atoms with Crippen LogP contribution in [0.15, 0.2) is 30.3 Å². The average Bonchev–Trinajstić information content (AvgIpc) is 2.23. The van der Waals surface area contributed by atoms with Crippen molar-refractivity contribution >= 4 is 24.0 Å². The molecular formula is C11H15ClN2O. The number of carbonyl (C=O) groups is 1. The number of benzene rings is 1. The summed E-state index contributed by atoms with van der Waals surface area (Å²) < 4.78 is 0. The van der Waals surface area contributed by atoms with Crippen LogP contribution in [0, 0.1) is 0 Å². The van der Waals surface area contributed by atoms with Crippen LogP contribution in [0.3, 0.4) is 0 Å². The van der Waals surface area contributed by atoms with E-state index in [4.69, 9.17) is 5.73 Å². The lowest BCUT2D eigenvalue weighted by atomic mass is 10.1. The van der Waals surface area contributed by atoms with Crippen LogP contribution < -0.4 is 10.6 Å². The molecule has 4 heteroatoms. The van der Waals surface area contributed by atoms with Crippen molar-refractivity contribution in [1.82, 2.24) is 0 Å². The number of amides is 1.